The van der Waals surface area contributed by atoms with E-state index < -0.39 is 12.1 Å². The molecule has 5 heteroatoms. The van der Waals surface area contributed by atoms with Crippen molar-refractivity contribution in [1.82, 2.24) is 16.0 Å². The molecule has 0 aromatic heterocycles. The number of hydrogen-bond donors (Lipinski definition) is 2. The number of amides is 4. The third-order valence-corrected chi connectivity index (χ3v) is 0.998. The molecule has 0 saturated heterocycles. The number of carbonyl (C=O) groups is 2. The van der Waals surface area contributed by atoms with E-state index >= 15 is 0 Å². The van der Waals surface area contributed by atoms with Crippen molar-refractivity contribution in [3.8, 4) is 0 Å². The Labute approximate surface area is 76.9 Å². The molecule has 0 bridgehead atoms. The average molecular weight is 182 g/mol. The van der Waals surface area contributed by atoms with Crippen molar-refractivity contribution in [3.63, 3.8) is 0 Å². The second-order valence-electron chi connectivity index (χ2n) is 2.06. The Kier molecular flexibility index (Phi) is 5.96. The van der Waals surface area contributed by atoms with Gasteiger partial charge in [-0.05, 0) is 0 Å². The third-order valence-electron chi connectivity index (χ3n) is 0.998. The van der Waals surface area contributed by atoms with Crippen LogP contribution < -0.4 is 16.0 Å². The highest BCUT2D eigenvalue weighted by Crippen LogP contribution is 1.72. The second-order valence-corrected chi connectivity index (χ2v) is 2.06. The van der Waals surface area contributed by atoms with Gasteiger partial charge in [0, 0.05) is 13.1 Å². The Morgan fingerprint density at radius 1 is 1.08 bits per heavy atom. The molecule has 13 heavy (non-hydrogen) atoms. The summed E-state index contributed by atoms with van der Waals surface area (Å²) >= 11 is 0. The largest absolute Gasteiger partial charge is 0.345 e. The van der Waals surface area contributed by atoms with Crippen LogP contribution in [0.3, 0.4) is 0 Å². The lowest BCUT2D eigenvalue weighted by Gasteiger charge is -2.01. The van der Waals surface area contributed by atoms with Crippen LogP contribution in [0.1, 0.15) is 0 Å². The van der Waals surface area contributed by atoms with E-state index in [1.54, 1.807) is 0 Å². The maximum atomic E-state index is 10.8. The van der Waals surface area contributed by atoms with Crippen molar-refractivity contribution in [2.45, 2.75) is 0 Å². The third kappa shape index (κ3) is 6.61. The molecule has 1 radical (unpaired) electrons. The van der Waals surface area contributed by atoms with Gasteiger partial charge < -0.3 is 10.6 Å². The van der Waals surface area contributed by atoms with Gasteiger partial charge in [-0.15, -0.1) is 18.5 Å². The molecule has 0 heterocycles. The Balaban J connectivity index is 3.58. The summed E-state index contributed by atoms with van der Waals surface area (Å²) in [6.45, 7) is 7.36. The van der Waals surface area contributed by atoms with Crippen molar-refractivity contribution in [1.29, 1.82) is 0 Å². The van der Waals surface area contributed by atoms with Crippen LogP contribution in [-0.2, 0) is 0 Å². The maximum Gasteiger partial charge on any atom is 0.345 e. The van der Waals surface area contributed by atoms with E-state index in [1.165, 1.54) is 12.2 Å². The van der Waals surface area contributed by atoms with Crippen molar-refractivity contribution in [2.75, 3.05) is 13.1 Å². The topological polar surface area (TPSA) is 72.3 Å². The summed E-state index contributed by atoms with van der Waals surface area (Å²) in [5.41, 5.74) is 0. The van der Waals surface area contributed by atoms with Gasteiger partial charge in [0.05, 0.1) is 0 Å². The molecular weight excluding hydrogens is 170 g/mol. The standard InChI is InChI=1S/C8H12N3O2/c1-3-5-9-7(12)11-8(13)10-6-4-2/h3-4H,1-2,5-6H2,(H,9,12)(H,10,13). The van der Waals surface area contributed by atoms with Gasteiger partial charge >= 0.3 is 12.1 Å². The molecule has 0 aromatic rings. The molecule has 0 aromatic carbocycles. The molecule has 5 nitrogen and oxygen atoms in total. The summed E-state index contributed by atoms with van der Waals surface area (Å²) in [4.78, 5) is 21.5. The van der Waals surface area contributed by atoms with Crippen molar-refractivity contribution in [2.24, 2.45) is 0 Å². The Bertz CT molecular complexity index is 191. The minimum absolute atomic E-state index is 0.289. The van der Waals surface area contributed by atoms with Gasteiger partial charge in [-0.25, -0.2) is 9.59 Å². The number of urea groups is 2. The molecule has 0 aliphatic rings. The van der Waals surface area contributed by atoms with E-state index in [0.717, 1.165) is 0 Å². The lowest BCUT2D eigenvalue weighted by Crippen LogP contribution is -2.39. The fraction of sp³-hybridized carbons (Fsp3) is 0.250. The molecule has 0 unspecified atom stereocenters. The minimum Gasteiger partial charge on any atom is -0.333 e. The van der Waals surface area contributed by atoms with Crippen LogP contribution in [0.15, 0.2) is 25.3 Å². The van der Waals surface area contributed by atoms with Gasteiger partial charge in [0.2, 0.25) is 0 Å². The lowest BCUT2D eigenvalue weighted by atomic mass is 10.6. The smallest absolute Gasteiger partial charge is 0.333 e. The van der Waals surface area contributed by atoms with Gasteiger partial charge in [0.15, 0.2) is 0 Å². The Morgan fingerprint density at radius 2 is 1.46 bits per heavy atom. The van der Waals surface area contributed by atoms with Crippen LogP contribution in [0.5, 0.6) is 0 Å². The quantitative estimate of drug-likeness (QED) is 0.617. The molecule has 0 saturated carbocycles. The van der Waals surface area contributed by atoms with Gasteiger partial charge in [0.25, 0.3) is 0 Å². The zero-order valence-electron chi connectivity index (χ0n) is 7.25. The van der Waals surface area contributed by atoms with E-state index in [-0.39, 0.29) is 13.1 Å². The van der Waals surface area contributed by atoms with Crippen LogP contribution in [0.2, 0.25) is 0 Å². The van der Waals surface area contributed by atoms with E-state index in [9.17, 15) is 9.59 Å². The second kappa shape index (κ2) is 6.90. The van der Waals surface area contributed by atoms with E-state index in [2.05, 4.69) is 29.1 Å². The molecule has 0 aliphatic carbocycles. The summed E-state index contributed by atoms with van der Waals surface area (Å²) in [5.74, 6) is 0. The first-order valence-corrected chi connectivity index (χ1v) is 3.70. The van der Waals surface area contributed by atoms with Crippen molar-refractivity contribution < 1.29 is 9.59 Å². The van der Waals surface area contributed by atoms with Crippen LogP contribution in [-0.4, -0.2) is 25.2 Å². The average Bonchev–Trinajstić information content (AvgIpc) is 2.11. The predicted octanol–water partition coefficient (Wildman–Crippen LogP) is 0.382. The molecule has 0 fully saturated rings. The van der Waals surface area contributed by atoms with E-state index in [0.29, 0.717) is 0 Å². The molecule has 0 spiro atoms. The summed E-state index contributed by atoms with van der Waals surface area (Å²) < 4.78 is 0. The lowest BCUT2D eigenvalue weighted by molar-refractivity contribution is 0.227. The predicted molar refractivity (Wildman–Crippen MR) is 49.3 cm³/mol. The summed E-state index contributed by atoms with van der Waals surface area (Å²) in [7, 11) is 0. The van der Waals surface area contributed by atoms with Crippen LogP contribution in [0.25, 0.3) is 0 Å². The van der Waals surface area contributed by atoms with Gasteiger partial charge in [-0.1, -0.05) is 12.2 Å². The SMILES string of the molecule is C=CCNC(=O)[N]C(=O)NCC=C. The number of nitrogens with one attached hydrogen (secondary N) is 2. The highest BCUT2D eigenvalue weighted by atomic mass is 16.2. The molecule has 2 N–H and O–H groups in total. The molecule has 4 amide bonds. The molecule has 0 atom stereocenters. The first-order chi connectivity index (χ1) is 6.20. The normalized spacial score (nSPS) is 8.31. The van der Waals surface area contributed by atoms with Crippen molar-refractivity contribution >= 4 is 12.1 Å². The van der Waals surface area contributed by atoms with Crippen LogP contribution in [0, 0.1) is 0 Å². The zero-order chi connectivity index (χ0) is 10.1. The highest BCUT2D eigenvalue weighted by molar-refractivity contribution is 5.92. The number of hydrogen-bond acceptors (Lipinski definition) is 2. The summed E-state index contributed by atoms with van der Waals surface area (Å²) in [6, 6.07) is -1.36. The zero-order valence-corrected chi connectivity index (χ0v) is 7.25. The van der Waals surface area contributed by atoms with Gasteiger partial charge in [-0.3, -0.25) is 0 Å². The first kappa shape index (κ1) is 11.2. The summed E-state index contributed by atoms with van der Waals surface area (Å²) in [6.07, 6.45) is 2.99. The molecule has 0 aliphatic heterocycles. The fourth-order valence-electron chi connectivity index (χ4n) is 0.490. The van der Waals surface area contributed by atoms with Crippen molar-refractivity contribution in [3.05, 3.63) is 25.3 Å². The number of rotatable bonds is 4. The monoisotopic (exact) mass is 182 g/mol. The highest BCUT2D eigenvalue weighted by Gasteiger charge is 2.06. The van der Waals surface area contributed by atoms with Gasteiger partial charge in [-0.2, -0.15) is 0 Å². The summed E-state index contributed by atoms with van der Waals surface area (Å²) in [5, 5.41) is 7.82. The minimum atomic E-state index is -0.679. The van der Waals surface area contributed by atoms with E-state index in [4.69, 9.17) is 0 Å². The molecular formula is C8H12N3O2. The van der Waals surface area contributed by atoms with Crippen LogP contribution >= 0.6 is 0 Å². The number of carbonyl (C=O) groups excluding carboxylic acids is 2. The van der Waals surface area contributed by atoms with E-state index in [1.807, 2.05) is 0 Å². The Hall–Kier alpha value is -1.78. The fourth-order valence-corrected chi connectivity index (χ4v) is 0.490. The van der Waals surface area contributed by atoms with Crippen LogP contribution in [0.4, 0.5) is 9.59 Å². The Morgan fingerprint density at radius 3 is 1.77 bits per heavy atom. The molecule has 0 rings (SSSR count). The number of nitrogens with zero attached hydrogens (tertiary/aromatic N) is 1. The maximum absolute atomic E-state index is 10.8. The number of imide groups is 1. The van der Waals surface area contributed by atoms with Gasteiger partial charge in [0.1, 0.15) is 0 Å². The molecule has 71 valence electrons. The first-order valence-electron chi connectivity index (χ1n) is 3.70.